The lowest BCUT2D eigenvalue weighted by atomic mass is 10.1. The van der Waals surface area contributed by atoms with Crippen molar-refractivity contribution >= 4 is 17.7 Å². The van der Waals surface area contributed by atoms with Crippen LogP contribution in [-0.4, -0.2) is 16.1 Å². The molecule has 0 heterocycles. The number of nitrogens with two attached hydrogens (primary N) is 1. The van der Waals surface area contributed by atoms with E-state index in [2.05, 4.69) is 5.32 Å². The van der Waals surface area contributed by atoms with E-state index in [0.29, 0.717) is 11.3 Å². The van der Waals surface area contributed by atoms with Crippen LogP contribution in [0.15, 0.2) is 41.6 Å². The molecule has 0 fully saturated rings. The normalized spacial score (nSPS) is 14.1. The predicted molar refractivity (Wildman–Crippen MR) is 82.4 cm³/mol. The molecule has 0 radical (unpaired) electrons. The molecule has 112 valence electrons. The molecule has 6 nitrogen and oxygen atoms in total. The summed E-state index contributed by atoms with van der Waals surface area (Å²) in [6.45, 7) is 0. The molecule has 0 aromatic heterocycles. The van der Waals surface area contributed by atoms with Crippen LogP contribution in [0.25, 0.3) is 6.08 Å². The molecule has 0 aliphatic heterocycles. The van der Waals surface area contributed by atoms with Gasteiger partial charge in [0.2, 0.25) is 0 Å². The average Bonchev–Trinajstić information content (AvgIpc) is 2.51. The number of rotatable bonds is 3. The minimum absolute atomic E-state index is 0.0399. The smallest absolute Gasteiger partial charge is 0.266 e. The van der Waals surface area contributed by atoms with Gasteiger partial charge in [0.15, 0.2) is 11.5 Å². The van der Waals surface area contributed by atoms with Crippen molar-refractivity contribution in [2.24, 2.45) is 0 Å². The molecule has 1 amide bonds. The lowest BCUT2D eigenvalue weighted by Gasteiger charge is -2.09. The van der Waals surface area contributed by atoms with Crippen molar-refractivity contribution in [1.82, 2.24) is 5.32 Å². The number of benzene rings is 1. The molecule has 1 aromatic carbocycles. The van der Waals surface area contributed by atoms with Gasteiger partial charge in [0.05, 0.1) is 5.69 Å². The maximum atomic E-state index is 12.1. The largest absolute Gasteiger partial charge is 0.504 e. The number of phenols is 2. The first-order valence-corrected chi connectivity index (χ1v) is 6.62. The first-order valence-electron chi connectivity index (χ1n) is 6.62. The third-order valence-electron chi connectivity index (χ3n) is 3.07. The van der Waals surface area contributed by atoms with E-state index in [-0.39, 0.29) is 11.3 Å². The van der Waals surface area contributed by atoms with Crippen LogP contribution in [0.2, 0.25) is 0 Å². The number of nitrogens with one attached hydrogen (secondary N) is 1. The third-order valence-corrected chi connectivity index (χ3v) is 3.07. The number of hydrogen-bond acceptors (Lipinski definition) is 5. The number of phenolic OH excluding ortho intramolecular Hbond substituents is 2. The van der Waals surface area contributed by atoms with Gasteiger partial charge in [-0.1, -0.05) is 12.2 Å². The monoisotopic (exact) mass is 297 g/mol. The molecule has 0 spiro atoms. The van der Waals surface area contributed by atoms with E-state index in [0.717, 1.165) is 12.8 Å². The Bertz CT molecular complexity index is 716. The van der Waals surface area contributed by atoms with Gasteiger partial charge >= 0.3 is 0 Å². The number of amides is 1. The van der Waals surface area contributed by atoms with E-state index in [1.165, 1.54) is 18.2 Å². The van der Waals surface area contributed by atoms with E-state index < -0.39 is 17.4 Å². The van der Waals surface area contributed by atoms with Crippen LogP contribution >= 0.6 is 0 Å². The summed E-state index contributed by atoms with van der Waals surface area (Å²) in [6, 6.07) is 4.39. The van der Waals surface area contributed by atoms with Crippen LogP contribution in [0.3, 0.4) is 0 Å². The maximum absolute atomic E-state index is 12.1. The Hall–Kier alpha value is -3.20. The summed E-state index contributed by atoms with van der Waals surface area (Å²) in [7, 11) is 0. The Morgan fingerprint density at radius 3 is 2.73 bits per heavy atom. The number of nitrogens with zero attached hydrogens (tertiary/aromatic N) is 1. The fraction of sp³-hybridized carbons (Fsp3) is 0.125. The van der Waals surface area contributed by atoms with Gasteiger partial charge < -0.3 is 21.3 Å². The highest BCUT2D eigenvalue weighted by atomic mass is 16.3. The van der Waals surface area contributed by atoms with Gasteiger partial charge in [-0.2, -0.15) is 5.26 Å². The quantitative estimate of drug-likeness (QED) is 0.294. The second kappa shape index (κ2) is 6.50. The van der Waals surface area contributed by atoms with Gasteiger partial charge in [-0.25, -0.2) is 0 Å². The van der Waals surface area contributed by atoms with Gasteiger partial charge in [-0.15, -0.1) is 0 Å². The van der Waals surface area contributed by atoms with E-state index >= 15 is 0 Å². The summed E-state index contributed by atoms with van der Waals surface area (Å²) in [4.78, 5) is 12.1. The molecular weight excluding hydrogens is 282 g/mol. The summed E-state index contributed by atoms with van der Waals surface area (Å²) in [5.74, 6) is -1.40. The molecule has 0 saturated heterocycles. The molecule has 0 unspecified atom stereocenters. The minimum atomic E-state index is -0.550. The SMILES string of the molecule is N#C/C(=C\c1cc(N)c(O)c(O)c1)C(=O)NC1=CCCC=C1. The molecule has 0 saturated carbocycles. The van der Waals surface area contributed by atoms with Gasteiger partial charge in [-0.3, -0.25) is 4.79 Å². The van der Waals surface area contributed by atoms with Gasteiger partial charge in [0, 0.05) is 5.70 Å². The van der Waals surface area contributed by atoms with Gasteiger partial charge in [0.1, 0.15) is 11.6 Å². The molecule has 1 aliphatic rings. The van der Waals surface area contributed by atoms with Crippen molar-refractivity contribution in [3.8, 4) is 17.6 Å². The summed E-state index contributed by atoms with van der Waals surface area (Å²) in [6.07, 6.45) is 8.63. The van der Waals surface area contributed by atoms with E-state index in [1.807, 2.05) is 12.2 Å². The highest BCUT2D eigenvalue weighted by molar-refractivity contribution is 6.02. The lowest BCUT2D eigenvalue weighted by Crippen LogP contribution is -2.23. The van der Waals surface area contributed by atoms with E-state index in [9.17, 15) is 15.0 Å². The fourth-order valence-corrected chi connectivity index (χ4v) is 1.97. The van der Waals surface area contributed by atoms with Crippen molar-refractivity contribution < 1.29 is 15.0 Å². The standard InChI is InChI=1S/C16H15N3O3/c17-9-11(16(22)19-12-4-2-1-3-5-12)6-10-7-13(18)15(21)14(20)8-10/h2,4-8,20-21H,1,3,18H2,(H,19,22)/b11-6+. The first kappa shape index (κ1) is 15.2. The second-order valence-corrected chi connectivity index (χ2v) is 4.74. The first-order chi connectivity index (χ1) is 10.5. The molecule has 2 rings (SSSR count). The Balaban J connectivity index is 2.24. The Morgan fingerprint density at radius 2 is 2.14 bits per heavy atom. The van der Waals surface area contributed by atoms with Crippen LogP contribution in [0.4, 0.5) is 5.69 Å². The number of carbonyl (C=O) groups is 1. The average molecular weight is 297 g/mol. The van der Waals surface area contributed by atoms with Gasteiger partial charge in [-0.05, 0) is 42.7 Å². The Kier molecular flexibility index (Phi) is 4.49. The van der Waals surface area contributed by atoms with Crippen molar-refractivity contribution in [2.75, 3.05) is 5.73 Å². The molecule has 6 heteroatoms. The highest BCUT2D eigenvalue weighted by Gasteiger charge is 2.12. The number of nitriles is 1. The van der Waals surface area contributed by atoms with Crippen LogP contribution in [0.1, 0.15) is 18.4 Å². The number of carbonyl (C=O) groups excluding carboxylic acids is 1. The predicted octanol–water partition coefficient (Wildman–Crippen LogP) is 1.94. The molecule has 0 bridgehead atoms. The number of aromatic hydroxyl groups is 2. The number of nitrogen functional groups attached to an aromatic ring is 1. The molecule has 5 N–H and O–H groups in total. The number of allylic oxidation sites excluding steroid dienone is 3. The second-order valence-electron chi connectivity index (χ2n) is 4.74. The number of anilines is 1. The summed E-state index contributed by atoms with van der Waals surface area (Å²) < 4.78 is 0. The molecule has 22 heavy (non-hydrogen) atoms. The summed E-state index contributed by atoms with van der Waals surface area (Å²) >= 11 is 0. The fourth-order valence-electron chi connectivity index (χ4n) is 1.97. The molecule has 1 aromatic rings. The van der Waals surface area contributed by atoms with E-state index in [4.69, 9.17) is 11.0 Å². The van der Waals surface area contributed by atoms with Crippen molar-refractivity contribution in [3.63, 3.8) is 0 Å². The topological polar surface area (TPSA) is 119 Å². The van der Waals surface area contributed by atoms with Crippen molar-refractivity contribution in [2.45, 2.75) is 12.8 Å². The van der Waals surface area contributed by atoms with Crippen LogP contribution in [-0.2, 0) is 4.79 Å². The minimum Gasteiger partial charge on any atom is -0.504 e. The highest BCUT2D eigenvalue weighted by Crippen LogP contribution is 2.33. The summed E-state index contributed by atoms with van der Waals surface area (Å²) in [5, 5.41) is 30.7. The Labute approximate surface area is 127 Å². The zero-order valence-electron chi connectivity index (χ0n) is 11.7. The molecule has 0 atom stereocenters. The Morgan fingerprint density at radius 1 is 1.36 bits per heavy atom. The third kappa shape index (κ3) is 3.46. The van der Waals surface area contributed by atoms with Crippen LogP contribution < -0.4 is 11.1 Å². The van der Waals surface area contributed by atoms with Crippen molar-refractivity contribution in [3.05, 3.63) is 47.2 Å². The number of hydrogen-bond donors (Lipinski definition) is 4. The maximum Gasteiger partial charge on any atom is 0.266 e. The summed E-state index contributed by atoms with van der Waals surface area (Å²) in [5.41, 5.74) is 6.33. The lowest BCUT2D eigenvalue weighted by molar-refractivity contribution is -0.116. The van der Waals surface area contributed by atoms with Crippen LogP contribution in [0, 0.1) is 11.3 Å². The van der Waals surface area contributed by atoms with E-state index in [1.54, 1.807) is 12.1 Å². The zero-order chi connectivity index (χ0) is 16.1. The van der Waals surface area contributed by atoms with Gasteiger partial charge in [0.25, 0.3) is 5.91 Å². The molecular formula is C16H15N3O3. The van der Waals surface area contributed by atoms with Crippen LogP contribution in [0.5, 0.6) is 11.5 Å². The van der Waals surface area contributed by atoms with Crippen molar-refractivity contribution in [1.29, 1.82) is 5.26 Å². The molecule has 1 aliphatic carbocycles. The zero-order valence-corrected chi connectivity index (χ0v) is 11.7.